The number of halogens is 2. The van der Waals surface area contributed by atoms with Gasteiger partial charge in [0.1, 0.15) is 10.9 Å². The summed E-state index contributed by atoms with van der Waals surface area (Å²) in [5, 5.41) is 5.74. The van der Waals surface area contributed by atoms with Gasteiger partial charge in [-0.2, -0.15) is 5.10 Å². The second kappa shape index (κ2) is 6.40. The molecule has 1 rings (SSSR count). The number of rotatable bonds is 6. The van der Waals surface area contributed by atoms with Gasteiger partial charge in [-0.3, -0.25) is 9.48 Å². The minimum Gasteiger partial charge on any atom is -0.300 e. The van der Waals surface area contributed by atoms with Crippen LogP contribution in [-0.2, 0) is 18.3 Å². The van der Waals surface area contributed by atoms with E-state index in [0.717, 1.165) is 23.0 Å². The summed E-state index contributed by atoms with van der Waals surface area (Å²) in [7, 11) is 1.81. The molecule has 0 atom stereocenters. The molecular weight excluding hydrogens is 291 g/mol. The van der Waals surface area contributed by atoms with Crippen LogP contribution in [0.4, 0.5) is 0 Å². The zero-order chi connectivity index (χ0) is 12.1. The van der Waals surface area contributed by atoms with E-state index in [4.69, 9.17) is 11.6 Å². The maximum Gasteiger partial charge on any atom is 0.133 e. The molecule has 3 nitrogen and oxygen atoms in total. The van der Waals surface area contributed by atoms with Gasteiger partial charge >= 0.3 is 0 Å². The first-order valence-electron chi connectivity index (χ1n) is 5.32. The quantitative estimate of drug-likeness (QED) is 0.757. The van der Waals surface area contributed by atoms with Gasteiger partial charge in [0.05, 0.1) is 5.69 Å². The van der Waals surface area contributed by atoms with Crippen molar-refractivity contribution in [2.75, 3.05) is 5.33 Å². The molecule has 5 heteroatoms. The van der Waals surface area contributed by atoms with Crippen LogP contribution in [0.2, 0.25) is 5.15 Å². The largest absolute Gasteiger partial charge is 0.300 e. The van der Waals surface area contributed by atoms with E-state index in [-0.39, 0.29) is 0 Å². The summed E-state index contributed by atoms with van der Waals surface area (Å²) < 4.78 is 1.65. The molecule has 0 aliphatic carbocycles. The number of Topliss-reactive ketones (excluding diaryl/α,β-unsaturated/α-hetero) is 1. The smallest absolute Gasteiger partial charge is 0.133 e. The van der Waals surface area contributed by atoms with Gasteiger partial charge in [-0.15, -0.1) is 0 Å². The molecule has 0 saturated carbocycles. The second-order valence-electron chi connectivity index (χ2n) is 3.81. The summed E-state index contributed by atoms with van der Waals surface area (Å²) in [6.07, 6.45) is 2.79. The normalized spacial score (nSPS) is 10.8. The molecule has 0 saturated heterocycles. The lowest BCUT2D eigenvalue weighted by molar-refractivity contribution is -0.119. The molecule has 0 aromatic carbocycles. The molecule has 0 N–H and O–H groups in total. The molecule has 0 radical (unpaired) electrons. The lowest BCUT2D eigenvalue weighted by atomic mass is 10.1. The molecule has 0 amide bonds. The SMILES string of the molecule is Cc1nn(C)c(Cl)c1CCC(=O)CCCBr. The zero-order valence-corrected chi connectivity index (χ0v) is 11.9. The van der Waals surface area contributed by atoms with Gasteiger partial charge in [0.2, 0.25) is 0 Å². The molecule has 1 aromatic rings. The third kappa shape index (κ3) is 3.59. The highest BCUT2D eigenvalue weighted by molar-refractivity contribution is 9.09. The third-order valence-electron chi connectivity index (χ3n) is 2.51. The Morgan fingerprint density at radius 2 is 2.19 bits per heavy atom. The molecule has 0 spiro atoms. The number of carbonyl (C=O) groups is 1. The minimum absolute atomic E-state index is 0.291. The maximum atomic E-state index is 11.5. The fourth-order valence-electron chi connectivity index (χ4n) is 1.61. The first-order valence-corrected chi connectivity index (χ1v) is 6.81. The molecule has 1 heterocycles. The topological polar surface area (TPSA) is 34.9 Å². The van der Waals surface area contributed by atoms with Crippen LogP contribution in [0.15, 0.2) is 0 Å². The lowest BCUT2D eigenvalue weighted by Crippen LogP contribution is -2.01. The lowest BCUT2D eigenvalue weighted by Gasteiger charge is -2.00. The summed E-state index contributed by atoms with van der Waals surface area (Å²) in [4.78, 5) is 11.5. The fourth-order valence-corrected chi connectivity index (χ4v) is 2.16. The van der Waals surface area contributed by atoms with Crippen LogP contribution >= 0.6 is 27.5 Å². The van der Waals surface area contributed by atoms with E-state index in [9.17, 15) is 4.79 Å². The van der Waals surface area contributed by atoms with Crippen molar-refractivity contribution in [3.8, 4) is 0 Å². The molecule has 0 unspecified atom stereocenters. The Hall–Kier alpha value is -0.350. The molecule has 0 bridgehead atoms. The van der Waals surface area contributed by atoms with Gasteiger partial charge in [-0.25, -0.2) is 0 Å². The van der Waals surface area contributed by atoms with Crippen molar-refractivity contribution in [3.05, 3.63) is 16.4 Å². The second-order valence-corrected chi connectivity index (χ2v) is 4.96. The standard InChI is InChI=1S/C11H16BrClN2O/c1-8-10(11(13)15(2)14-8)6-5-9(16)4-3-7-12/h3-7H2,1-2H3. The molecule has 0 fully saturated rings. The number of hydrogen-bond donors (Lipinski definition) is 0. The predicted molar refractivity (Wildman–Crippen MR) is 69.3 cm³/mol. The Morgan fingerprint density at radius 1 is 1.50 bits per heavy atom. The van der Waals surface area contributed by atoms with Gasteiger partial charge in [0.25, 0.3) is 0 Å². The van der Waals surface area contributed by atoms with Crippen LogP contribution in [0.25, 0.3) is 0 Å². The van der Waals surface area contributed by atoms with Crippen LogP contribution in [0.5, 0.6) is 0 Å². The molecule has 90 valence electrons. The fraction of sp³-hybridized carbons (Fsp3) is 0.636. The monoisotopic (exact) mass is 306 g/mol. The summed E-state index contributed by atoms with van der Waals surface area (Å²) >= 11 is 9.40. The number of hydrogen-bond acceptors (Lipinski definition) is 2. The van der Waals surface area contributed by atoms with Crippen molar-refractivity contribution in [1.29, 1.82) is 0 Å². The molecule has 16 heavy (non-hydrogen) atoms. The number of nitrogens with zero attached hydrogens (tertiary/aromatic N) is 2. The van der Waals surface area contributed by atoms with Gasteiger partial charge in [-0.05, 0) is 19.8 Å². The molecule has 0 aliphatic heterocycles. The Bertz CT molecular complexity index is 376. The van der Waals surface area contributed by atoms with E-state index in [1.165, 1.54) is 0 Å². The van der Waals surface area contributed by atoms with Crippen LogP contribution < -0.4 is 0 Å². The van der Waals surface area contributed by atoms with E-state index in [1.54, 1.807) is 4.68 Å². The van der Waals surface area contributed by atoms with E-state index in [1.807, 2.05) is 14.0 Å². The van der Waals surface area contributed by atoms with Crippen molar-refractivity contribution < 1.29 is 4.79 Å². The summed E-state index contributed by atoms with van der Waals surface area (Å²) in [5.41, 5.74) is 1.91. The van der Waals surface area contributed by atoms with E-state index in [0.29, 0.717) is 30.2 Å². The number of alkyl halides is 1. The third-order valence-corrected chi connectivity index (χ3v) is 3.55. The molecular formula is C11H16BrClN2O. The maximum absolute atomic E-state index is 11.5. The van der Waals surface area contributed by atoms with Crippen LogP contribution in [-0.4, -0.2) is 20.9 Å². The number of aromatic nitrogens is 2. The van der Waals surface area contributed by atoms with Crippen molar-refractivity contribution in [1.82, 2.24) is 9.78 Å². The van der Waals surface area contributed by atoms with E-state index < -0.39 is 0 Å². The molecule has 0 aliphatic rings. The van der Waals surface area contributed by atoms with Crippen molar-refractivity contribution >= 4 is 33.3 Å². The predicted octanol–water partition coefficient (Wildman–Crippen LogP) is 3.06. The first-order chi connectivity index (χ1) is 7.56. The minimum atomic E-state index is 0.291. The van der Waals surface area contributed by atoms with Crippen molar-refractivity contribution in [2.45, 2.75) is 32.6 Å². The van der Waals surface area contributed by atoms with Crippen LogP contribution in [0, 0.1) is 6.92 Å². The van der Waals surface area contributed by atoms with Gasteiger partial charge < -0.3 is 0 Å². The van der Waals surface area contributed by atoms with Crippen LogP contribution in [0.3, 0.4) is 0 Å². The number of ketones is 1. The highest BCUT2D eigenvalue weighted by atomic mass is 79.9. The Balaban J connectivity index is 2.51. The first kappa shape index (κ1) is 13.7. The average molecular weight is 308 g/mol. The van der Waals surface area contributed by atoms with E-state index in [2.05, 4.69) is 21.0 Å². The average Bonchev–Trinajstić information content (AvgIpc) is 2.48. The van der Waals surface area contributed by atoms with Gasteiger partial charge in [0, 0.05) is 30.8 Å². The summed E-state index contributed by atoms with van der Waals surface area (Å²) in [5.74, 6) is 0.291. The van der Waals surface area contributed by atoms with E-state index >= 15 is 0 Å². The Morgan fingerprint density at radius 3 is 2.69 bits per heavy atom. The summed E-state index contributed by atoms with van der Waals surface area (Å²) in [6.45, 7) is 1.92. The van der Waals surface area contributed by atoms with Gasteiger partial charge in [0.15, 0.2) is 0 Å². The van der Waals surface area contributed by atoms with Crippen molar-refractivity contribution in [3.63, 3.8) is 0 Å². The van der Waals surface area contributed by atoms with Crippen molar-refractivity contribution in [2.24, 2.45) is 7.05 Å². The van der Waals surface area contributed by atoms with Crippen LogP contribution in [0.1, 0.15) is 30.5 Å². The summed E-state index contributed by atoms with van der Waals surface area (Å²) in [6, 6.07) is 0. The highest BCUT2D eigenvalue weighted by Crippen LogP contribution is 2.20. The zero-order valence-electron chi connectivity index (χ0n) is 9.59. The molecule has 1 aromatic heterocycles. The van der Waals surface area contributed by atoms with Gasteiger partial charge in [-0.1, -0.05) is 27.5 Å². The number of aryl methyl sites for hydroxylation is 2. The Kier molecular flexibility index (Phi) is 5.49. The Labute approximate surface area is 109 Å². The number of carbonyl (C=O) groups excluding carboxylic acids is 1. The highest BCUT2D eigenvalue weighted by Gasteiger charge is 2.12.